The predicted molar refractivity (Wildman–Crippen MR) is 79.0 cm³/mol. The Morgan fingerprint density at radius 2 is 1.86 bits per heavy atom. The van der Waals surface area contributed by atoms with E-state index in [2.05, 4.69) is 0 Å². The van der Waals surface area contributed by atoms with Crippen LogP contribution in [-0.4, -0.2) is 55.0 Å². The fraction of sp³-hybridized carbons (Fsp3) is 0.933. The molecule has 0 bridgehead atoms. The average molecular weight is 312 g/mol. The molecular formula is C15H24N2O3S. The van der Waals surface area contributed by atoms with Crippen molar-refractivity contribution >= 4 is 15.9 Å². The zero-order valence-corrected chi connectivity index (χ0v) is 13.2. The Kier molecular flexibility index (Phi) is 3.30. The van der Waals surface area contributed by atoms with Gasteiger partial charge >= 0.3 is 0 Å². The number of nitrogens with zero attached hydrogens (tertiary/aromatic N) is 2. The molecule has 0 N–H and O–H groups in total. The monoisotopic (exact) mass is 312 g/mol. The zero-order chi connectivity index (χ0) is 14.6. The lowest BCUT2D eigenvalue weighted by atomic mass is 10.0. The van der Waals surface area contributed by atoms with Crippen molar-refractivity contribution in [1.82, 2.24) is 9.21 Å². The third-order valence-electron chi connectivity index (χ3n) is 5.64. The largest absolute Gasteiger partial charge is 0.341 e. The van der Waals surface area contributed by atoms with Crippen LogP contribution in [0.15, 0.2) is 0 Å². The van der Waals surface area contributed by atoms with Crippen molar-refractivity contribution in [2.75, 3.05) is 25.4 Å². The first-order valence-corrected chi connectivity index (χ1v) is 9.95. The second kappa shape index (κ2) is 4.95. The fourth-order valence-corrected chi connectivity index (χ4v) is 6.00. The van der Waals surface area contributed by atoms with Crippen LogP contribution in [-0.2, 0) is 14.8 Å². The number of rotatable bonds is 3. The van der Waals surface area contributed by atoms with E-state index in [9.17, 15) is 13.2 Å². The summed E-state index contributed by atoms with van der Waals surface area (Å²) in [6, 6.07) is 0.0216. The number of piperidine rings is 1. The van der Waals surface area contributed by atoms with Crippen LogP contribution < -0.4 is 0 Å². The van der Waals surface area contributed by atoms with Crippen molar-refractivity contribution in [3.63, 3.8) is 0 Å². The third-order valence-corrected chi connectivity index (χ3v) is 7.64. The molecule has 118 valence electrons. The molecule has 2 saturated heterocycles. The molecule has 2 aliphatic carbocycles. The minimum absolute atomic E-state index is 0.0216. The van der Waals surface area contributed by atoms with E-state index in [1.165, 1.54) is 12.8 Å². The van der Waals surface area contributed by atoms with Crippen LogP contribution >= 0.6 is 0 Å². The van der Waals surface area contributed by atoms with E-state index in [0.717, 1.165) is 38.1 Å². The topological polar surface area (TPSA) is 57.7 Å². The number of sulfonamides is 1. The van der Waals surface area contributed by atoms with Gasteiger partial charge in [0.25, 0.3) is 0 Å². The first kappa shape index (κ1) is 14.0. The molecule has 3 unspecified atom stereocenters. The summed E-state index contributed by atoms with van der Waals surface area (Å²) in [7, 11) is -3.06. The molecule has 0 aromatic rings. The van der Waals surface area contributed by atoms with Crippen LogP contribution in [0.5, 0.6) is 0 Å². The maximum atomic E-state index is 12.6. The lowest BCUT2D eigenvalue weighted by Gasteiger charge is -2.37. The van der Waals surface area contributed by atoms with E-state index in [1.807, 2.05) is 4.90 Å². The number of amides is 1. The summed E-state index contributed by atoms with van der Waals surface area (Å²) in [5.74, 6) is 2.30. The van der Waals surface area contributed by atoms with Crippen LogP contribution in [0.4, 0.5) is 0 Å². The summed E-state index contributed by atoms with van der Waals surface area (Å²) in [6.07, 6.45) is 6.26. The zero-order valence-electron chi connectivity index (χ0n) is 12.4. The Morgan fingerprint density at radius 1 is 1.05 bits per heavy atom. The standard InChI is InChI=1S/C15H24N2O3S/c18-15(14-9-13(14)11-4-5-11)16-6-1-3-12(10-16)17-7-2-8-21(17,19)20/h11-14H,1-10H2. The van der Waals surface area contributed by atoms with Gasteiger partial charge in [-0.1, -0.05) is 0 Å². The molecule has 4 fully saturated rings. The second-order valence-electron chi connectivity index (χ2n) is 7.20. The van der Waals surface area contributed by atoms with Crippen LogP contribution in [0.3, 0.4) is 0 Å². The van der Waals surface area contributed by atoms with Gasteiger partial charge in [0, 0.05) is 31.6 Å². The van der Waals surface area contributed by atoms with Crippen molar-refractivity contribution in [2.45, 2.75) is 44.6 Å². The van der Waals surface area contributed by atoms with Crippen molar-refractivity contribution in [3.8, 4) is 0 Å². The van der Waals surface area contributed by atoms with E-state index in [1.54, 1.807) is 4.31 Å². The third kappa shape index (κ3) is 2.61. The SMILES string of the molecule is O=C(C1CC1C1CC1)N1CCCC(N2CCCS2(=O)=O)C1. The van der Waals surface area contributed by atoms with E-state index < -0.39 is 10.0 Å². The average Bonchev–Trinajstić information content (AvgIpc) is 3.34. The highest BCUT2D eigenvalue weighted by Gasteiger charge is 2.52. The molecule has 2 saturated carbocycles. The second-order valence-corrected chi connectivity index (χ2v) is 9.25. The number of likely N-dealkylation sites (tertiary alicyclic amines) is 1. The van der Waals surface area contributed by atoms with Crippen LogP contribution in [0, 0.1) is 17.8 Å². The van der Waals surface area contributed by atoms with Gasteiger partial charge in [-0.25, -0.2) is 8.42 Å². The van der Waals surface area contributed by atoms with Gasteiger partial charge in [-0.3, -0.25) is 4.79 Å². The fourth-order valence-electron chi connectivity index (χ4n) is 4.24. The molecule has 2 aliphatic heterocycles. The highest BCUT2D eigenvalue weighted by molar-refractivity contribution is 7.89. The molecule has 0 radical (unpaired) electrons. The Balaban J connectivity index is 1.40. The van der Waals surface area contributed by atoms with Gasteiger partial charge in [0.05, 0.1) is 5.75 Å². The molecule has 4 aliphatic rings. The molecule has 4 rings (SSSR count). The number of carbonyl (C=O) groups is 1. The van der Waals surface area contributed by atoms with Gasteiger partial charge in [0.1, 0.15) is 0 Å². The lowest BCUT2D eigenvalue weighted by Crippen LogP contribution is -2.50. The highest BCUT2D eigenvalue weighted by atomic mass is 32.2. The number of hydrogen-bond acceptors (Lipinski definition) is 3. The molecule has 1 amide bonds. The molecular weight excluding hydrogens is 288 g/mol. The van der Waals surface area contributed by atoms with Crippen LogP contribution in [0.25, 0.3) is 0 Å². The van der Waals surface area contributed by atoms with Gasteiger partial charge in [-0.2, -0.15) is 4.31 Å². The van der Waals surface area contributed by atoms with Crippen molar-refractivity contribution in [3.05, 3.63) is 0 Å². The molecule has 5 nitrogen and oxygen atoms in total. The summed E-state index contributed by atoms with van der Waals surface area (Å²) in [6.45, 7) is 2.08. The summed E-state index contributed by atoms with van der Waals surface area (Å²) in [5, 5.41) is 0. The summed E-state index contributed by atoms with van der Waals surface area (Å²) in [5.41, 5.74) is 0. The Bertz CT molecular complexity index is 543. The molecule has 6 heteroatoms. The molecule has 0 aromatic carbocycles. The summed E-state index contributed by atoms with van der Waals surface area (Å²) >= 11 is 0. The van der Waals surface area contributed by atoms with E-state index in [4.69, 9.17) is 0 Å². The smallest absolute Gasteiger partial charge is 0.226 e. The van der Waals surface area contributed by atoms with Gasteiger partial charge in [-0.15, -0.1) is 0 Å². The first-order valence-electron chi connectivity index (χ1n) is 8.34. The Hall–Kier alpha value is -0.620. The minimum Gasteiger partial charge on any atom is -0.341 e. The maximum absolute atomic E-state index is 12.6. The van der Waals surface area contributed by atoms with Crippen molar-refractivity contribution in [1.29, 1.82) is 0 Å². The van der Waals surface area contributed by atoms with Gasteiger partial charge in [-0.05, 0) is 50.4 Å². The van der Waals surface area contributed by atoms with Gasteiger partial charge in [0.2, 0.25) is 15.9 Å². The number of carbonyl (C=O) groups excluding carboxylic acids is 1. The van der Waals surface area contributed by atoms with Crippen LogP contribution in [0.2, 0.25) is 0 Å². The predicted octanol–water partition coefficient (Wildman–Crippen LogP) is 1.06. The maximum Gasteiger partial charge on any atom is 0.226 e. The van der Waals surface area contributed by atoms with E-state index >= 15 is 0 Å². The minimum atomic E-state index is -3.06. The van der Waals surface area contributed by atoms with E-state index in [-0.39, 0.29) is 17.7 Å². The highest BCUT2D eigenvalue weighted by Crippen LogP contribution is 2.55. The first-order chi connectivity index (χ1) is 10.1. The number of hydrogen-bond donors (Lipinski definition) is 0. The molecule has 0 aromatic heterocycles. The molecule has 21 heavy (non-hydrogen) atoms. The Labute approximate surface area is 126 Å². The summed E-state index contributed by atoms with van der Waals surface area (Å²) < 4.78 is 25.8. The van der Waals surface area contributed by atoms with Crippen molar-refractivity contribution in [2.24, 2.45) is 17.8 Å². The van der Waals surface area contributed by atoms with Crippen molar-refractivity contribution < 1.29 is 13.2 Å². The molecule has 3 atom stereocenters. The normalized spacial score (nSPS) is 39.4. The van der Waals surface area contributed by atoms with Gasteiger partial charge < -0.3 is 4.90 Å². The quantitative estimate of drug-likeness (QED) is 0.783. The van der Waals surface area contributed by atoms with Gasteiger partial charge in [0.15, 0.2) is 0 Å². The van der Waals surface area contributed by atoms with E-state index in [0.29, 0.717) is 24.9 Å². The molecule has 2 heterocycles. The molecule has 0 spiro atoms. The lowest BCUT2D eigenvalue weighted by molar-refractivity contribution is -0.134. The summed E-state index contributed by atoms with van der Waals surface area (Å²) in [4.78, 5) is 14.5. The van der Waals surface area contributed by atoms with Crippen LogP contribution in [0.1, 0.15) is 38.5 Å². The Morgan fingerprint density at radius 3 is 2.52 bits per heavy atom.